The fourth-order valence-corrected chi connectivity index (χ4v) is 4.40. The van der Waals surface area contributed by atoms with Crippen LogP contribution in [0.2, 0.25) is 15.1 Å². The number of carbonyl (C=O) groups is 2. The summed E-state index contributed by atoms with van der Waals surface area (Å²) in [5, 5.41) is 0.805. The first-order valence-electron chi connectivity index (χ1n) is 9.23. The molecule has 0 N–H and O–H groups in total. The molecule has 1 heterocycles. The van der Waals surface area contributed by atoms with Gasteiger partial charge in [-0.1, -0.05) is 53.5 Å². The number of imide groups is 1. The van der Waals surface area contributed by atoms with Gasteiger partial charge in [-0.3, -0.25) is 14.5 Å². The highest BCUT2D eigenvalue weighted by atomic mass is 35.5. The van der Waals surface area contributed by atoms with Gasteiger partial charge in [0, 0.05) is 10.0 Å². The molecule has 2 aromatic rings. The quantitative estimate of drug-likeness (QED) is 0.294. The molecular formula is C22H18Cl3NO4S. The van der Waals surface area contributed by atoms with E-state index < -0.39 is 5.91 Å². The minimum absolute atomic E-state index is 0.0529. The minimum Gasteiger partial charge on any atom is -0.490 e. The first-order chi connectivity index (χ1) is 14.8. The van der Waals surface area contributed by atoms with Gasteiger partial charge in [-0.25, -0.2) is 0 Å². The van der Waals surface area contributed by atoms with Crippen LogP contribution in [0.4, 0.5) is 4.79 Å². The Labute approximate surface area is 199 Å². The number of halogens is 3. The summed E-state index contributed by atoms with van der Waals surface area (Å²) in [6, 6.07) is 8.27. The second-order valence-electron chi connectivity index (χ2n) is 6.37. The SMILES string of the molecule is C=CCOc1c(Cl)cc(/C=C2/SC(=O)N(Cc3ccc(Cl)cc3Cl)C2=O)cc1OCC. The molecule has 0 aromatic heterocycles. The van der Waals surface area contributed by atoms with Crippen LogP contribution < -0.4 is 9.47 Å². The average Bonchev–Trinajstić information content (AvgIpc) is 2.97. The molecule has 0 radical (unpaired) electrons. The second kappa shape index (κ2) is 10.5. The molecule has 0 saturated carbocycles. The van der Waals surface area contributed by atoms with Crippen molar-refractivity contribution in [1.82, 2.24) is 4.90 Å². The number of rotatable bonds is 8. The molecule has 1 fully saturated rings. The molecule has 0 spiro atoms. The molecule has 2 aromatic carbocycles. The molecule has 0 unspecified atom stereocenters. The molecule has 2 amide bonds. The number of hydrogen-bond acceptors (Lipinski definition) is 5. The fourth-order valence-electron chi connectivity index (χ4n) is 2.82. The number of nitrogens with zero attached hydrogens (tertiary/aromatic N) is 1. The van der Waals surface area contributed by atoms with Gasteiger partial charge in [0.2, 0.25) is 0 Å². The third kappa shape index (κ3) is 5.57. The van der Waals surface area contributed by atoms with Crippen LogP contribution in [0.25, 0.3) is 6.08 Å². The van der Waals surface area contributed by atoms with E-state index in [2.05, 4.69) is 6.58 Å². The van der Waals surface area contributed by atoms with Crippen molar-refractivity contribution in [3.05, 3.63) is 74.1 Å². The number of thioether (sulfide) groups is 1. The van der Waals surface area contributed by atoms with Gasteiger partial charge in [-0.15, -0.1) is 0 Å². The van der Waals surface area contributed by atoms with Crippen molar-refractivity contribution < 1.29 is 19.1 Å². The zero-order valence-corrected chi connectivity index (χ0v) is 19.6. The van der Waals surface area contributed by atoms with Crippen molar-refractivity contribution >= 4 is 63.8 Å². The van der Waals surface area contributed by atoms with Crippen molar-refractivity contribution in [3.8, 4) is 11.5 Å². The zero-order chi connectivity index (χ0) is 22.5. The van der Waals surface area contributed by atoms with E-state index in [9.17, 15) is 9.59 Å². The van der Waals surface area contributed by atoms with Crippen LogP contribution in [0.1, 0.15) is 18.1 Å². The Morgan fingerprint density at radius 2 is 1.87 bits per heavy atom. The zero-order valence-electron chi connectivity index (χ0n) is 16.5. The molecule has 1 aliphatic heterocycles. The van der Waals surface area contributed by atoms with Crippen molar-refractivity contribution in [2.24, 2.45) is 0 Å². The number of benzene rings is 2. The van der Waals surface area contributed by atoms with Crippen molar-refractivity contribution in [3.63, 3.8) is 0 Å². The Bertz CT molecular complexity index is 1070. The van der Waals surface area contributed by atoms with Gasteiger partial charge >= 0.3 is 0 Å². The van der Waals surface area contributed by atoms with E-state index in [1.54, 1.807) is 42.5 Å². The Morgan fingerprint density at radius 1 is 1.10 bits per heavy atom. The maximum atomic E-state index is 12.9. The predicted molar refractivity (Wildman–Crippen MR) is 126 cm³/mol. The minimum atomic E-state index is -0.415. The lowest BCUT2D eigenvalue weighted by Gasteiger charge is -2.14. The van der Waals surface area contributed by atoms with Gasteiger partial charge in [-0.2, -0.15) is 0 Å². The predicted octanol–water partition coefficient (Wildman–Crippen LogP) is 6.85. The molecule has 5 nitrogen and oxygen atoms in total. The number of amides is 2. The van der Waals surface area contributed by atoms with Crippen LogP contribution in [-0.4, -0.2) is 29.3 Å². The largest absolute Gasteiger partial charge is 0.490 e. The van der Waals surface area contributed by atoms with Crippen LogP contribution in [0.5, 0.6) is 11.5 Å². The van der Waals surface area contributed by atoms with Crippen LogP contribution in [0.15, 0.2) is 47.9 Å². The Morgan fingerprint density at radius 3 is 2.55 bits per heavy atom. The maximum Gasteiger partial charge on any atom is 0.293 e. The van der Waals surface area contributed by atoms with E-state index in [1.165, 1.54) is 0 Å². The summed E-state index contributed by atoms with van der Waals surface area (Å²) >= 11 is 19.3. The van der Waals surface area contributed by atoms with Crippen LogP contribution in [-0.2, 0) is 11.3 Å². The Balaban J connectivity index is 1.87. The second-order valence-corrected chi connectivity index (χ2v) is 8.61. The summed E-state index contributed by atoms with van der Waals surface area (Å²) in [7, 11) is 0. The summed E-state index contributed by atoms with van der Waals surface area (Å²) in [6.07, 6.45) is 3.20. The highest BCUT2D eigenvalue weighted by molar-refractivity contribution is 8.18. The normalized spacial score (nSPS) is 15.0. The molecule has 9 heteroatoms. The topological polar surface area (TPSA) is 55.8 Å². The van der Waals surface area contributed by atoms with Gasteiger partial charge in [0.05, 0.1) is 23.1 Å². The van der Waals surface area contributed by atoms with Crippen LogP contribution in [0.3, 0.4) is 0 Å². The first kappa shape index (κ1) is 23.5. The molecule has 31 heavy (non-hydrogen) atoms. The smallest absolute Gasteiger partial charge is 0.293 e. The molecule has 0 atom stereocenters. The van der Waals surface area contributed by atoms with Crippen LogP contribution in [0, 0.1) is 0 Å². The standard InChI is InChI=1S/C22H18Cl3NO4S/c1-3-7-30-20-17(25)8-13(9-18(20)29-4-2)10-19-21(27)26(22(28)31-19)12-14-5-6-15(23)11-16(14)24/h3,5-6,8-11H,1,4,7,12H2,2H3/b19-10+. The lowest BCUT2D eigenvalue weighted by atomic mass is 10.1. The van der Waals surface area contributed by atoms with E-state index in [-0.39, 0.29) is 23.3 Å². The van der Waals surface area contributed by atoms with Gasteiger partial charge < -0.3 is 9.47 Å². The van der Waals surface area contributed by atoms with E-state index in [1.807, 2.05) is 6.92 Å². The third-order valence-corrected chi connectivity index (χ3v) is 5.97. The molecule has 1 saturated heterocycles. The Hall–Kier alpha value is -2.12. The average molecular weight is 499 g/mol. The van der Waals surface area contributed by atoms with Crippen molar-refractivity contribution in [2.75, 3.05) is 13.2 Å². The molecular weight excluding hydrogens is 481 g/mol. The highest BCUT2D eigenvalue weighted by Gasteiger charge is 2.35. The van der Waals surface area contributed by atoms with E-state index in [4.69, 9.17) is 44.3 Å². The number of carbonyl (C=O) groups excluding carboxylic acids is 2. The molecule has 3 rings (SSSR count). The number of ether oxygens (including phenoxy) is 2. The molecule has 1 aliphatic rings. The Kier molecular flexibility index (Phi) is 7.94. The van der Waals surface area contributed by atoms with Gasteiger partial charge in [-0.05, 0) is 60.2 Å². The summed E-state index contributed by atoms with van der Waals surface area (Å²) in [5.74, 6) is 0.420. The van der Waals surface area contributed by atoms with Crippen molar-refractivity contribution in [2.45, 2.75) is 13.5 Å². The number of hydrogen-bond donors (Lipinski definition) is 0. The summed E-state index contributed by atoms with van der Waals surface area (Å²) in [6.45, 7) is 6.18. The third-order valence-electron chi connectivity index (χ3n) is 4.19. The van der Waals surface area contributed by atoms with Crippen LogP contribution >= 0.6 is 46.6 Å². The monoisotopic (exact) mass is 497 g/mol. The lowest BCUT2D eigenvalue weighted by molar-refractivity contribution is -0.123. The van der Waals surface area contributed by atoms with Gasteiger partial charge in [0.15, 0.2) is 11.5 Å². The molecule has 0 bridgehead atoms. The molecule has 0 aliphatic carbocycles. The van der Waals surface area contributed by atoms with E-state index >= 15 is 0 Å². The van der Waals surface area contributed by atoms with E-state index in [0.29, 0.717) is 44.3 Å². The van der Waals surface area contributed by atoms with Gasteiger partial charge in [0.1, 0.15) is 6.61 Å². The summed E-state index contributed by atoms with van der Waals surface area (Å²) in [5.41, 5.74) is 1.23. The lowest BCUT2D eigenvalue weighted by Crippen LogP contribution is -2.27. The van der Waals surface area contributed by atoms with E-state index in [0.717, 1.165) is 16.7 Å². The summed E-state index contributed by atoms with van der Waals surface area (Å²) < 4.78 is 11.2. The summed E-state index contributed by atoms with van der Waals surface area (Å²) in [4.78, 5) is 26.7. The maximum absolute atomic E-state index is 12.9. The van der Waals surface area contributed by atoms with Crippen molar-refractivity contribution in [1.29, 1.82) is 0 Å². The fraction of sp³-hybridized carbons (Fsp3) is 0.182. The molecule has 162 valence electrons. The highest BCUT2D eigenvalue weighted by Crippen LogP contribution is 2.39. The van der Waals surface area contributed by atoms with Gasteiger partial charge in [0.25, 0.3) is 11.1 Å². The first-order valence-corrected chi connectivity index (χ1v) is 11.2.